The minimum atomic E-state index is -1.27. The van der Waals surface area contributed by atoms with Gasteiger partial charge in [-0.05, 0) is 31.9 Å². The fourth-order valence-corrected chi connectivity index (χ4v) is 6.99. The Labute approximate surface area is 233 Å². The molecule has 0 radical (unpaired) electrons. The number of likely N-dealkylation sites (tertiary alicyclic amines) is 1. The molecule has 5 heterocycles. The molecule has 2 saturated heterocycles. The fourth-order valence-electron chi connectivity index (χ4n) is 6.99. The van der Waals surface area contributed by atoms with E-state index in [0.717, 1.165) is 23.9 Å². The van der Waals surface area contributed by atoms with E-state index >= 15 is 0 Å². The number of aromatic nitrogens is 3. The van der Waals surface area contributed by atoms with Crippen LogP contribution in [0.5, 0.6) is 0 Å². The van der Waals surface area contributed by atoms with Crippen LogP contribution in [0.4, 0.5) is 0 Å². The molecule has 1 unspecified atom stereocenters. The topological polar surface area (TPSA) is 121 Å². The van der Waals surface area contributed by atoms with Crippen LogP contribution in [0.25, 0.3) is 11.0 Å². The third kappa shape index (κ3) is 4.05. The van der Waals surface area contributed by atoms with Gasteiger partial charge in [0.2, 0.25) is 11.8 Å². The zero-order chi connectivity index (χ0) is 28.1. The third-order valence-corrected chi connectivity index (χ3v) is 8.87. The van der Waals surface area contributed by atoms with Gasteiger partial charge < -0.3 is 24.5 Å². The van der Waals surface area contributed by atoms with Crippen molar-refractivity contribution in [1.29, 1.82) is 0 Å². The summed E-state index contributed by atoms with van der Waals surface area (Å²) in [6.07, 6.45) is 10.6. The Kier molecular flexibility index (Phi) is 6.74. The molecule has 6 rings (SSSR count). The van der Waals surface area contributed by atoms with Crippen molar-refractivity contribution in [3.05, 3.63) is 48.6 Å². The number of rotatable bonds is 8. The van der Waals surface area contributed by atoms with Crippen LogP contribution in [-0.2, 0) is 25.8 Å². The van der Waals surface area contributed by atoms with E-state index in [1.807, 2.05) is 55.5 Å². The molecule has 3 amide bonds. The first-order valence-electron chi connectivity index (χ1n) is 14.1. The van der Waals surface area contributed by atoms with Crippen LogP contribution >= 0.6 is 0 Å². The van der Waals surface area contributed by atoms with E-state index in [0.29, 0.717) is 32.5 Å². The summed E-state index contributed by atoms with van der Waals surface area (Å²) in [5.41, 5.74) is -0.741. The first-order valence-corrected chi connectivity index (χ1v) is 14.1. The van der Waals surface area contributed by atoms with Gasteiger partial charge in [0.1, 0.15) is 23.8 Å². The van der Waals surface area contributed by atoms with Gasteiger partial charge in [0.05, 0.1) is 23.0 Å². The van der Waals surface area contributed by atoms with Gasteiger partial charge in [-0.15, -0.1) is 5.10 Å². The molecule has 1 aromatic carbocycles. The Morgan fingerprint density at radius 3 is 2.58 bits per heavy atom. The number of aliphatic hydroxyl groups excluding tert-OH is 1. The second-order valence-corrected chi connectivity index (χ2v) is 11.5. The van der Waals surface area contributed by atoms with Crippen LogP contribution in [0.1, 0.15) is 32.6 Å². The number of ether oxygens (including phenoxy) is 1. The molecule has 11 nitrogen and oxygen atoms in total. The Hall–Kier alpha value is -3.57. The highest BCUT2D eigenvalue weighted by Crippen LogP contribution is 2.57. The molecule has 1 spiro atoms. The number of nitrogens with zero attached hydrogens (tertiary/aromatic N) is 6. The summed E-state index contributed by atoms with van der Waals surface area (Å²) in [6, 6.07) is 6.66. The maximum atomic E-state index is 14.4. The van der Waals surface area contributed by atoms with Gasteiger partial charge in [-0.1, -0.05) is 54.5 Å². The molecule has 2 aromatic rings. The molecule has 5 atom stereocenters. The molecule has 4 aliphatic rings. The predicted octanol–water partition coefficient (Wildman–Crippen LogP) is 1.34. The molecule has 0 aliphatic carbocycles. The van der Waals surface area contributed by atoms with Crippen LogP contribution in [0.15, 0.2) is 48.6 Å². The molecular formula is C29H36N6O5. The normalized spacial score (nSPS) is 31.5. The Morgan fingerprint density at radius 2 is 1.75 bits per heavy atom. The van der Waals surface area contributed by atoms with Crippen LogP contribution in [-0.4, -0.2) is 103 Å². The number of carbonyl (C=O) groups is 3. The standard InChI is InChI=1S/C29H36N6O5/c1-28-13-9-15-32(2)25(37)22(28)23-26(38)34(17-7-3-4-8-18-36)24-27(39)33(16-10-14-29(23,24)40-28)19-35-21-12-6-5-11-20(21)30-31-35/h5-6,9-14,22-24,36H,3-4,7-8,15-19H2,1-2H3/t22-,23+,24?,28+,29+/m1/s1. The van der Waals surface area contributed by atoms with Crippen molar-refractivity contribution in [2.45, 2.75) is 56.5 Å². The molecule has 0 bridgehead atoms. The number of benzene rings is 1. The van der Waals surface area contributed by atoms with Crippen molar-refractivity contribution in [2.24, 2.45) is 11.8 Å². The summed E-state index contributed by atoms with van der Waals surface area (Å²) < 4.78 is 8.51. The number of aliphatic hydroxyl groups is 1. The number of hydrogen-bond acceptors (Lipinski definition) is 7. The van der Waals surface area contributed by atoms with Gasteiger partial charge in [0.25, 0.3) is 5.91 Å². The maximum absolute atomic E-state index is 14.4. The zero-order valence-corrected chi connectivity index (χ0v) is 23.0. The molecule has 1 aromatic heterocycles. The van der Waals surface area contributed by atoms with Crippen molar-refractivity contribution in [1.82, 2.24) is 29.7 Å². The zero-order valence-electron chi connectivity index (χ0n) is 23.0. The molecule has 1 N–H and O–H groups in total. The lowest BCUT2D eigenvalue weighted by Gasteiger charge is -2.37. The molecule has 40 heavy (non-hydrogen) atoms. The summed E-state index contributed by atoms with van der Waals surface area (Å²) in [6.45, 7) is 3.27. The van der Waals surface area contributed by atoms with Crippen molar-refractivity contribution >= 4 is 28.8 Å². The van der Waals surface area contributed by atoms with Gasteiger partial charge in [0.15, 0.2) is 0 Å². The highest BCUT2D eigenvalue weighted by Gasteiger charge is 2.74. The second-order valence-electron chi connectivity index (χ2n) is 11.5. The SMILES string of the molecule is CN1CC=C[C@]2(C)O[C@]34C=CCN(Cn5nnc6ccccc65)C(=O)C3N(CCCCCCO)C(=O)[C@@H]4[C@@H]2C1=O. The van der Waals surface area contributed by atoms with Crippen molar-refractivity contribution in [3.8, 4) is 0 Å². The summed E-state index contributed by atoms with van der Waals surface area (Å²) in [7, 11) is 1.73. The number of likely N-dealkylation sites (N-methyl/N-ethyl adjacent to an activating group) is 1. The summed E-state index contributed by atoms with van der Waals surface area (Å²) in [5, 5.41) is 17.7. The maximum Gasteiger partial charge on any atom is 0.250 e. The lowest BCUT2D eigenvalue weighted by Crippen LogP contribution is -2.56. The fraction of sp³-hybridized carbons (Fsp3) is 0.552. The molecule has 11 heteroatoms. The minimum Gasteiger partial charge on any atom is -0.396 e. The average molecular weight is 549 g/mol. The van der Waals surface area contributed by atoms with Gasteiger partial charge in [-0.2, -0.15) is 0 Å². The van der Waals surface area contributed by atoms with E-state index in [4.69, 9.17) is 9.84 Å². The smallest absolute Gasteiger partial charge is 0.250 e. The van der Waals surface area contributed by atoms with Gasteiger partial charge in [0, 0.05) is 33.3 Å². The highest BCUT2D eigenvalue weighted by atomic mass is 16.5. The Bertz CT molecular complexity index is 1390. The summed E-state index contributed by atoms with van der Waals surface area (Å²) in [5.74, 6) is -2.16. The number of unbranched alkanes of at least 4 members (excludes halogenated alkanes) is 3. The van der Waals surface area contributed by atoms with E-state index in [-0.39, 0.29) is 31.0 Å². The van der Waals surface area contributed by atoms with Crippen LogP contribution < -0.4 is 0 Å². The lowest BCUT2D eigenvalue weighted by molar-refractivity contribution is -0.153. The minimum absolute atomic E-state index is 0.128. The monoisotopic (exact) mass is 548 g/mol. The van der Waals surface area contributed by atoms with E-state index < -0.39 is 29.1 Å². The average Bonchev–Trinajstić information content (AvgIpc) is 3.47. The van der Waals surface area contributed by atoms with Gasteiger partial charge >= 0.3 is 0 Å². The largest absolute Gasteiger partial charge is 0.396 e. The molecule has 0 saturated carbocycles. The second kappa shape index (κ2) is 10.1. The molecule has 212 valence electrons. The number of para-hydroxylation sites is 1. The van der Waals surface area contributed by atoms with Crippen molar-refractivity contribution in [2.75, 3.05) is 33.3 Å². The molecule has 2 fully saturated rings. The third-order valence-electron chi connectivity index (χ3n) is 8.87. The summed E-state index contributed by atoms with van der Waals surface area (Å²) >= 11 is 0. The molecule has 4 aliphatic heterocycles. The van der Waals surface area contributed by atoms with Crippen LogP contribution in [0.2, 0.25) is 0 Å². The number of fused-ring (bicyclic) bond motifs is 3. The first-order chi connectivity index (χ1) is 19.3. The molecular weight excluding hydrogens is 512 g/mol. The van der Waals surface area contributed by atoms with E-state index in [1.165, 1.54) is 0 Å². The van der Waals surface area contributed by atoms with E-state index in [1.54, 1.807) is 26.4 Å². The Morgan fingerprint density at radius 1 is 0.975 bits per heavy atom. The van der Waals surface area contributed by atoms with Gasteiger partial charge in [-0.3, -0.25) is 14.4 Å². The predicted molar refractivity (Wildman–Crippen MR) is 145 cm³/mol. The Balaban J connectivity index is 1.38. The van der Waals surface area contributed by atoms with Crippen molar-refractivity contribution < 1.29 is 24.2 Å². The summed E-state index contributed by atoms with van der Waals surface area (Å²) in [4.78, 5) is 47.3. The first kappa shape index (κ1) is 26.6. The number of hydrogen-bond donors (Lipinski definition) is 1. The quantitative estimate of drug-likeness (QED) is 0.390. The number of carbonyl (C=O) groups excluding carboxylic acids is 3. The van der Waals surface area contributed by atoms with Crippen molar-refractivity contribution in [3.63, 3.8) is 0 Å². The highest BCUT2D eigenvalue weighted by molar-refractivity contribution is 6.00. The lowest BCUT2D eigenvalue weighted by atomic mass is 9.74. The van der Waals surface area contributed by atoms with Crippen LogP contribution in [0, 0.1) is 11.8 Å². The van der Waals surface area contributed by atoms with Crippen LogP contribution in [0.3, 0.4) is 0 Å². The van der Waals surface area contributed by atoms with E-state index in [2.05, 4.69) is 10.3 Å². The van der Waals surface area contributed by atoms with E-state index in [9.17, 15) is 14.4 Å². The van der Waals surface area contributed by atoms with Gasteiger partial charge in [-0.25, -0.2) is 4.68 Å². The number of amides is 3.